The molecule has 2 heteroatoms. The second-order valence-corrected chi connectivity index (χ2v) is 2.19. The Kier molecular flexibility index (Phi) is 1.71. The smallest absolute Gasteiger partial charge is 0.0881 e. The van der Waals surface area contributed by atoms with E-state index in [9.17, 15) is 0 Å². The van der Waals surface area contributed by atoms with E-state index in [-0.39, 0.29) is 0 Å². The number of rotatable bonds is 1. The van der Waals surface area contributed by atoms with Crippen LogP contribution in [-0.2, 0) is 0 Å². The van der Waals surface area contributed by atoms with Gasteiger partial charge in [-0.25, -0.2) is 0 Å². The van der Waals surface area contributed by atoms with Crippen molar-refractivity contribution in [2.75, 3.05) is 0 Å². The van der Waals surface area contributed by atoms with Crippen LogP contribution in [0.15, 0.2) is 24.9 Å². The molecule has 2 nitrogen and oxygen atoms in total. The van der Waals surface area contributed by atoms with Gasteiger partial charge in [0.1, 0.15) is 0 Å². The van der Waals surface area contributed by atoms with Crippen LogP contribution in [0.1, 0.15) is 11.3 Å². The highest BCUT2D eigenvalue weighted by atomic mass is 14.7. The fourth-order valence-electron chi connectivity index (χ4n) is 0.822. The van der Waals surface area contributed by atoms with E-state index in [1.807, 2.05) is 19.1 Å². The van der Waals surface area contributed by atoms with Crippen molar-refractivity contribution in [2.24, 2.45) is 5.73 Å². The van der Waals surface area contributed by atoms with Crippen molar-refractivity contribution < 1.29 is 0 Å². The summed E-state index contributed by atoms with van der Waals surface area (Å²) in [6.07, 6.45) is 1.71. The summed E-state index contributed by atoms with van der Waals surface area (Å²) in [5.74, 6) is 0. The fraction of sp³-hybridized carbons (Fsp3) is 0.125. The Bertz CT molecular complexity index is 253. The molecule has 1 aromatic rings. The van der Waals surface area contributed by atoms with Crippen molar-refractivity contribution in [1.29, 1.82) is 0 Å². The molecule has 0 saturated carbocycles. The summed E-state index contributed by atoms with van der Waals surface area (Å²) in [4.78, 5) is 4.05. The van der Waals surface area contributed by atoms with Gasteiger partial charge in [0.05, 0.1) is 11.4 Å². The van der Waals surface area contributed by atoms with Crippen LogP contribution in [0.3, 0.4) is 0 Å². The minimum Gasteiger partial charge on any atom is -0.397 e. The summed E-state index contributed by atoms with van der Waals surface area (Å²) >= 11 is 0. The van der Waals surface area contributed by atoms with Crippen LogP contribution in [0, 0.1) is 6.92 Å². The second-order valence-electron chi connectivity index (χ2n) is 2.19. The summed E-state index contributed by atoms with van der Waals surface area (Å²) < 4.78 is 0. The molecule has 2 N–H and O–H groups in total. The zero-order valence-electron chi connectivity index (χ0n) is 5.96. The molecule has 0 aromatic carbocycles. The zero-order chi connectivity index (χ0) is 7.56. The van der Waals surface area contributed by atoms with E-state index in [2.05, 4.69) is 11.6 Å². The van der Waals surface area contributed by atoms with Crippen molar-refractivity contribution in [3.05, 3.63) is 36.2 Å². The monoisotopic (exact) mass is 134 g/mol. The van der Waals surface area contributed by atoms with Gasteiger partial charge in [-0.15, -0.1) is 0 Å². The maximum Gasteiger partial charge on any atom is 0.0881 e. The normalized spacial score (nSPS) is 9.30. The molecule has 0 radical (unpaired) electrons. The summed E-state index contributed by atoms with van der Waals surface area (Å²) in [6, 6.07) is 3.84. The highest BCUT2D eigenvalue weighted by molar-refractivity contribution is 5.59. The summed E-state index contributed by atoms with van der Waals surface area (Å²) in [6.45, 7) is 5.56. The van der Waals surface area contributed by atoms with Crippen molar-refractivity contribution in [1.82, 2.24) is 4.98 Å². The van der Waals surface area contributed by atoms with E-state index < -0.39 is 0 Å². The molecule has 0 bridgehead atoms. The molecule has 0 saturated heterocycles. The Labute approximate surface area is 60.4 Å². The van der Waals surface area contributed by atoms with Crippen molar-refractivity contribution in [3.63, 3.8) is 0 Å². The van der Waals surface area contributed by atoms with Gasteiger partial charge >= 0.3 is 0 Å². The Morgan fingerprint density at radius 3 is 2.80 bits per heavy atom. The summed E-state index contributed by atoms with van der Waals surface area (Å²) in [5.41, 5.74) is 7.84. The predicted octanol–water partition coefficient (Wildman–Crippen LogP) is 1.32. The molecule has 0 aliphatic rings. The summed E-state index contributed by atoms with van der Waals surface area (Å²) in [7, 11) is 0. The lowest BCUT2D eigenvalue weighted by Crippen LogP contribution is -1.98. The van der Waals surface area contributed by atoms with Gasteiger partial charge in [-0.2, -0.15) is 0 Å². The lowest BCUT2D eigenvalue weighted by atomic mass is 10.2. The molecule has 52 valence electrons. The van der Waals surface area contributed by atoms with E-state index in [0.29, 0.717) is 5.70 Å². The maximum absolute atomic E-state index is 5.46. The number of aryl methyl sites for hydroxylation is 1. The zero-order valence-corrected chi connectivity index (χ0v) is 5.96. The average molecular weight is 134 g/mol. The van der Waals surface area contributed by atoms with E-state index in [1.54, 1.807) is 6.20 Å². The number of pyridine rings is 1. The van der Waals surface area contributed by atoms with Crippen LogP contribution >= 0.6 is 0 Å². The number of nitrogens with two attached hydrogens (primary N) is 1. The van der Waals surface area contributed by atoms with Crippen LogP contribution in [0.2, 0.25) is 0 Å². The largest absolute Gasteiger partial charge is 0.397 e. The second kappa shape index (κ2) is 2.52. The topological polar surface area (TPSA) is 38.9 Å². The van der Waals surface area contributed by atoms with Crippen molar-refractivity contribution in [3.8, 4) is 0 Å². The minimum absolute atomic E-state index is 0.526. The Hall–Kier alpha value is -1.31. The van der Waals surface area contributed by atoms with E-state index in [0.717, 1.165) is 11.3 Å². The molecule has 1 rings (SSSR count). The van der Waals surface area contributed by atoms with Crippen LogP contribution < -0.4 is 5.73 Å². The molecule has 0 unspecified atom stereocenters. The Morgan fingerprint density at radius 2 is 2.40 bits per heavy atom. The third-order valence-electron chi connectivity index (χ3n) is 1.31. The number of hydrogen-bond donors (Lipinski definition) is 1. The summed E-state index contributed by atoms with van der Waals surface area (Å²) in [5, 5.41) is 0. The van der Waals surface area contributed by atoms with Crippen LogP contribution in [0.25, 0.3) is 5.70 Å². The lowest BCUT2D eigenvalue weighted by Gasteiger charge is -2.00. The highest BCUT2D eigenvalue weighted by Gasteiger charge is 1.96. The molecule has 0 atom stereocenters. The SMILES string of the molecule is C=C(N)c1ncccc1C. The Balaban J connectivity index is 3.15. The van der Waals surface area contributed by atoms with Gasteiger partial charge in [-0.05, 0) is 18.6 Å². The first kappa shape index (κ1) is 6.81. The number of aromatic nitrogens is 1. The molecule has 0 amide bonds. The van der Waals surface area contributed by atoms with Crippen LogP contribution in [0.4, 0.5) is 0 Å². The average Bonchev–Trinajstić information content (AvgIpc) is 1.88. The molecular formula is C8H10N2. The standard InChI is InChI=1S/C8H10N2/c1-6-4-3-5-10-8(6)7(2)9/h3-5H,2,9H2,1H3. The first-order valence-electron chi connectivity index (χ1n) is 3.08. The van der Waals surface area contributed by atoms with Crippen molar-refractivity contribution in [2.45, 2.75) is 6.92 Å². The van der Waals surface area contributed by atoms with Gasteiger partial charge in [0.15, 0.2) is 0 Å². The predicted molar refractivity (Wildman–Crippen MR) is 42.2 cm³/mol. The van der Waals surface area contributed by atoms with Gasteiger partial charge < -0.3 is 5.73 Å². The fourth-order valence-corrected chi connectivity index (χ4v) is 0.822. The highest BCUT2D eigenvalue weighted by Crippen LogP contribution is 2.07. The van der Waals surface area contributed by atoms with E-state index >= 15 is 0 Å². The molecule has 0 fully saturated rings. The van der Waals surface area contributed by atoms with Gasteiger partial charge in [-0.3, -0.25) is 4.98 Å². The van der Waals surface area contributed by atoms with Crippen LogP contribution in [0.5, 0.6) is 0 Å². The third kappa shape index (κ3) is 1.16. The number of hydrogen-bond acceptors (Lipinski definition) is 2. The lowest BCUT2D eigenvalue weighted by molar-refractivity contribution is 1.21. The van der Waals surface area contributed by atoms with E-state index in [1.165, 1.54) is 0 Å². The molecule has 0 aliphatic heterocycles. The molecule has 1 aromatic heterocycles. The Morgan fingerprint density at radius 1 is 1.70 bits per heavy atom. The molecule has 0 aliphatic carbocycles. The quantitative estimate of drug-likeness (QED) is 0.629. The van der Waals surface area contributed by atoms with E-state index in [4.69, 9.17) is 5.73 Å². The molecule has 1 heterocycles. The molecule has 10 heavy (non-hydrogen) atoms. The van der Waals surface area contributed by atoms with Crippen LogP contribution in [-0.4, -0.2) is 4.98 Å². The first-order valence-corrected chi connectivity index (χ1v) is 3.08. The molecular weight excluding hydrogens is 124 g/mol. The third-order valence-corrected chi connectivity index (χ3v) is 1.31. The number of nitrogens with zero attached hydrogens (tertiary/aromatic N) is 1. The van der Waals surface area contributed by atoms with Gasteiger partial charge in [0, 0.05) is 6.20 Å². The minimum atomic E-state index is 0.526. The first-order chi connectivity index (χ1) is 4.72. The van der Waals surface area contributed by atoms with Gasteiger partial charge in [-0.1, -0.05) is 12.6 Å². The maximum atomic E-state index is 5.46. The van der Waals surface area contributed by atoms with Gasteiger partial charge in [0.2, 0.25) is 0 Å². The van der Waals surface area contributed by atoms with Crippen molar-refractivity contribution >= 4 is 5.70 Å². The molecule has 0 spiro atoms. The van der Waals surface area contributed by atoms with Gasteiger partial charge in [0.25, 0.3) is 0 Å².